The Morgan fingerprint density at radius 3 is 2.27 bits per heavy atom. The Hall–Kier alpha value is -0.0800. The minimum absolute atomic E-state index is 0.362. The summed E-state index contributed by atoms with van der Waals surface area (Å²) < 4.78 is 0. The molecule has 0 aliphatic rings. The molecule has 0 aromatic heterocycles. The van der Waals surface area contributed by atoms with E-state index in [1.807, 2.05) is 0 Å². The Morgan fingerprint density at radius 2 is 1.91 bits per heavy atom. The maximum atomic E-state index is 5.84. The van der Waals surface area contributed by atoms with Crippen LogP contribution in [0.3, 0.4) is 0 Å². The summed E-state index contributed by atoms with van der Waals surface area (Å²) in [4.78, 5) is 2.41. The van der Waals surface area contributed by atoms with E-state index in [4.69, 9.17) is 5.73 Å². The van der Waals surface area contributed by atoms with Crippen LogP contribution >= 0.6 is 0 Å². The average molecular weight is 158 g/mol. The molecule has 0 aliphatic heterocycles. The van der Waals surface area contributed by atoms with Crippen LogP contribution in [-0.2, 0) is 0 Å². The van der Waals surface area contributed by atoms with Crippen molar-refractivity contribution in [3.63, 3.8) is 0 Å². The first-order valence-corrected chi connectivity index (χ1v) is 4.72. The standard InChI is InChI=1S/C9H22N2/c1-4-7-11(6-3)8-9(10)5-2/h9H,4-8,10H2,1-3H3. The molecule has 0 aromatic rings. The zero-order valence-electron chi connectivity index (χ0n) is 8.14. The minimum atomic E-state index is 0.362. The van der Waals surface area contributed by atoms with Gasteiger partial charge in [0.1, 0.15) is 0 Å². The molecule has 0 heterocycles. The fraction of sp³-hybridized carbons (Fsp3) is 1.00. The largest absolute Gasteiger partial charge is 0.327 e. The van der Waals surface area contributed by atoms with E-state index in [2.05, 4.69) is 25.7 Å². The fourth-order valence-corrected chi connectivity index (χ4v) is 1.16. The van der Waals surface area contributed by atoms with E-state index in [1.54, 1.807) is 0 Å². The zero-order chi connectivity index (χ0) is 8.69. The second-order valence-corrected chi connectivity index (χ2v) is 3.06. The van der Waals surface area contributed by atoms with E-state index < -0.39 is 0 Å². The number of nitrogens with zero attached hydrogens (tertiary/aromatic N) is 1. The van der Waals surface area contributed by atoms with Gasteiger partial charge < -0.3 is 10.6 Å². The van der Waals surface area contributed by atoms with E-state index in [0.29, 0.717) is 6.04 Å². The Balaban J connectivity index is 3.49. The third kappa shape index (κ3) is 5.22. The smallest absolute Gasteiger partial charge is 0.0165 e. The fourth-order valence-electron chi connectivity index (χ4n) is 1.16. The molecule has 1 atom stereocenters. The summed E-state index contributed by atoms with van der Waals surface area (Å²) in [6, 6.07) is 0.362. The van der Waals surface area contributed by atoms with E-state index in [0.717, 1.165) is 19.5 Å². The van der Waals surface area contributed by atoms with Crippen molar-refractivity contribution in [2.45, 2.75) is 39.7 Å². The van der Waals surface area contributed by atoms with Gasteiger partial charge in [-0.05, 0) is 25.9 Å². The highest BCUT2D eigenvalue weighted by Gasteiger charge is 2.05. The molecule has 68 valence electrons. The van der Waals surface area contributed by atoms with Gasteiger partial charge in [-0.2, -0.15) is 0 Å². The van der Waals surface area contributed by atoms with Gasteiger partial charge in [0.05, 0.1) is 0 Å². The van der Waals surface area contributed by atoms with Crippen molar-refractivity contribution in [3.05, 3.63) is 0 Å². The second-order valence-electron chi connectivity index (χ2n) is 3.06. The molecular weight excluding hydrogens is 136 g/mol. The van der Waals surface area contributed by atoms with Crippen molar-refractivity contribution >= 4 is 0 Å². The highest BCUT2D eigenvalue weighted by Crippen LogP contribution is 1.95. The van der Waals surface area contributed by atoms with E-state index >= 15 is 0 Å². The van der Waals surface area contributed by atoms with Crippen LogP contribution in [0.1, 0.15) is 33.6 Å². The Bertz CT molecular complexity index is 83.6. The third-order valence-electron chi connectivity index (χ3n) is 2.00. The molecule has 2 N–H and O–H groups in total. The molecule has 0 aromatic carbocycles. The van der Waals surface area contributed by atoms with Crippen molar-refractivity contribution in [2.75, 3.05) is 19.6 Å². The number of hydrogen-bond acceptors (Lipinski definition) is 2. The highest BCUT2D eigenvalue weighted by atomic mass is 15.1. The lowest BCUT2D eigenvalue weighted by molar-refractivity contribution is 0.267. The molecule has 0 amide bonds. The molecule has 0 aliphatic carbocycles. The van der Waals surface area contributed by atoms with Crippen LogP contribution in [0, 0.1) is 0 Å². The lowest BCUT2D eigenvalue weighted by Gasteiger charge is -2.22. The lowest BCUT2D eigenvalue weighted by Crippen LogP contribution is -2.37. The number of likely N-dealkylation sites (N-methyl/N-ethyl adjacent to an activating group) is 1. The van der Waals surface area contributed by atoms with E-state index in [-0.39, 0.29) is 0 Å². The monoisotopic (exact) mass is 158 g/mol. The molecule has 0 bridgehead atoms. The summed E-state index contributed by atoms with van der Waals surface area (Å²) in [5, 5.41) is 0. The van der Waals surface area contributed by atoms with Gasteiger partial charge in [-0.3, -0.25) is 0 Å². The summed E-state index contributed by atoms with van der Waals surface area (Å²) in [6.07, 6.45) is 2.31. The van der Waals surface area contributed by atoms with E-state index in [9.17, 15) is 0 Å². The minimum Gasteiger partial charge on any atom is -0.327 e. The van der Waals surface area contributed by atoms with Crippen LogP contribution in [0.25, 0.3) is 0 Å². The Labute approximate surface area is 70.8 Å². The predicted octanol–water partition coefficient (Wildman–Crippen LogP) is 1.46. The Kier molecular flexibility index (Phi) is 6.57. The lowest BCUT2D eigenvalue weighted by atomic mass is 10.2. The normalized spacial score (nSPS) is 13.9. The number of rotatable bonds is 6. The molecular formula is C9H22N2. The van der Waals surface area contributed by atoms with Crippen molar-refractivity contribution in [1.29, 1.82) is 0 Å². The first kappa shape index (κ1) is 10.9. The summed E-state index contributed by atoms with van der Waals surface area (Å²) in [6.45, 7) is 9.91. The van der Waals surface area contributed by atoms with Crippen LogP contribution in [0.4, 0.5) is 0 Å². The SMILES string of the molecule is CCCN(CC)CC(N)CC. The van der Waals surface area contributed by atoms with Gasteiger partial charge in [-0.25, -0.2) is 0 Å². The van der Waals surface area contributed by atoms with Crippen molar-refractivity contribution in [1.82, 2.24) is 4.90 Å². The molecule has 0 spiro atoms. The van der Waals surface area contributed by atoms with Crippen molar-refractivity contribution < 1.29 is 0 Å². The van der Waals surface area contributed by atoms with Gasteiger partial charge >= 0.3 is 0 Å². The summed E-state index contributed by atoms with van der Waals surface area (Å²) in [5.74, 6) is 0. The van der Waals surface area contributed by atoms with Gasteiger partial charge in [-0.1, -0.05) is 20.8 Å². The van der Waals surface area contributed by atoms with Crippen LogP contribution in [-0.4, -0.2) is 30.6 Å². The van der Waals surface area contributed by atoms with Crippen molar-refractivity contribution in [2.24, 2.45) is 5.73 Å². The summed E-state index contributed by atoms with van der Waals surface area (Å²) in [5.41, 5.74) is 5.84. The summed E-state index contributed by atoms with van der Waals surface area (Å²) in [7, 11) is 0. The molecule has 0 saturated carbocycles. The maximum absolute atomic E-state index is 5.84. The molecule has 2 nitrogen and oxygen atoms in total. The molecule has 0 saturated heterocycles. The summed E-state index contributed by atoms with van der Waals surface area (Å²) >= 11 is 0. The van der Waals surface area contributed by atoms with Crippen LogP contribution < -0.4 is 5.73 Å². The second kappa shape index (κ2) is 6.62. The zero-order valence-corrected chi connectivity index (χ0v) is 8.14. The number of nitrogens with two attached hydrogens (primary N) is 1. The molecule has 0 radical (unpaired) electrons. The Morgan fingerprint density at radius 1 is 1.27 bits per heavy atom. The van der Waals surface area contributed by atoms with Crippen LogP contribution in [0.15, 0.2) is 0 Å². The molecule has 0 fully saturated rings. The predicted molar refractivity (Wildman–Crippen MR) is 50.7 cm³/mol. The van der Waals surface area contributed by atoms with Gasteiger partial charge in [-0.15, -0.1) is 0 Å². The molecule has 1 unspecified atom stereocenters. The van der Waals surface area contributed by atoms with Gasteiger partial charge in [0.15, 0.2) is 0 Å². The first-order valence-electron chi connectivity index (χ1n) is 4.72. The third-order valence-corrected chi connectivity index (χ3v) is 2.00. The van der Waals surface area contributed by atoms with Crippen LogP contribution in [0.5, 0.6) is 0 Å². The van der Waals surface area contributed by atoms with Gasteiger partial charge in [0.25, 0.3) is 0 Å². The van der Waals surface area contributed by atoms with E-state index in [1.165, 1.54) is 13.0 Å². The topological polar surface area (TPSA) is 29.3 Å². The van der Waals surface area contributed by atoms with Gasteiger partial charge in [0.2, 0.25) is 0 Å². The average Bonchev–Trinajstić information content (AvgIpc) is 2.03. The van der Waals surface area contributed by atoms with Crippen LogP contribution in [0.2, 0.25) is 0 Å². The van der Waals surface area contributed by atoms with Gasteiger partial charge in [0, 0.05) is 12.6 Å². The maximum Gasteiger partial charge on any atom is 0.0165 e. The molecule has 2 heteroatoms. The highest BCUT2D eigenvalue weighted by molar-refractivity contribution is 4.64. The molecule has 11 heavy (non-hydrogen) atoms. The first-order chi connectivity index (χ1) is 5.24. The van der Waals surface area contributed by atoms with Crippen molar-refractivity contribution in [3.8, 4) is 0 Å². The molecule has 0 rings (SSSR count). The quantitative estimate of drug-likeness (QED) is 0.634. The number of hydrogen-bond donors (Lipinski definition) is 1.